The molecule has 1 aromatic heterocycles. The van der Waals surface area contributed by atoms with Crippen LogP contribution in [0.4, 0.5) is 11.4 Å². The number of benzene rings is 1. The first kappa shape index (κ1) is 18.0. The highest BCUT2D eigenvalue weighted by Gasteiger charge is 2.23. The lowest BCUT2D eigenvalue weighted by Crippen LogP contribution is -2.45. The van der Waals surface area contributed by atoms with Gasteiger partial charge in [0.15, 0.2) is 0 Å². The summed E-state index contributed by atoms with van der Waals surface area (Å²) in [7, 11) is 1.73. The first-order valence-electron chi connectivity index (χ1n) is 8.69. The maximum Gasteiger partial charge on any atom is 0.276 e. The molecule has 1 aliphatic heterocycles. The fourth-order valence-electron chi connectivity index (χ4n) is 3.22. The topological polar surface area (TPSA) is 45.7 Å². The summed E-state index contributed by atoms with van der Waals surface area (Å²) in [5.74, 6) is 2.42. The molecule has 1 aliphatic rings. The summed E-state index contributed by atoms with van der Waals surface area (Å²) < 4.78 is 5.78. The van der Waals surface area contributed by atoms with E-state index >= 15 is 0 Å². The highest BCUT2D eigenvalue weighted by Crippen LogP contribution is 2.22. The number of hydrogen-bond acceptors (Lipinski definition) is 4. The van der Waals surface area contributed by atoms with Crippen molar-refractivity contribution in [2.45, 2.75) is 26.1 Å². The predicted octanol–water partition coefficient (Wildman–Crippen LogP) is 2.95. The third kappa shape index (κ3) is 3.87. The lowest BCUT2D eigenvalue weighted by atomic mass is 10.1. The van der Waals surface area contributed by atoms with Gasteiger partial charge < -0.3 is 14.5 Å². The van der Waals surface area contributed by atoms with Gasteiger partial charge in [0.25, 0.3) is 5.91 Å². The van der Waals surface area contributed by atoms with Crippen molar-refractivity contribution in [3.05, 3.63) is 53.9 Å². The number of terminal acetylenes is 1. The number of hydrogen-bond donors (Lipinski definition) is 0. The third-order valence-corrected chi connectivity index (χ3v) is 4.45. The molecule has 0 spiro atoms. The molecule has 0 aliphatic carbocycles. The van der Waals surface area contributed by atoms with E-state index in [-0.39, 0.29) is 18.1 Å². The van der Waals surface area contributed by atoms with Gasteiger partial charge in [-0.2, -0.15) is 0 Å². The molecule has 26 heavy (non-hydrogen) atoms. The Morgan fingerprint density at radius 2 is 2.00 bits per heavy atom. The molecule has 1 aromatic carbocycles. The van der Waals surface area contributed by atoms with Crippen LogP contribution in [0.25, 0.3) is 0 Å². The van der Waals surface area contributed by atoms with Gasteiger partial charge in [-0.1, -0.05) is 12.0 Å². The monoisotopic (exact) mass is 349 g/mol. The quantitative estimate of drug-likeness (QED) is 0.800. The van der Waals surface area contributed by atoms with Crippen LogP contribution in [0.3, 0.4) is 0 Å². The maximum atomic E-state index is 12.9. The lowest BCUT2D eigenvalue weighted by Gasteiger charge is -2.36. The zero-order chi connectivity index (χ0) is 18.7. The van der Waals surface area contributed by atoms with Gasteiger partial charge in [-0.15, -0.1) is 6.42 Å². The smallest absolute Gasteiger partial charge is 0.276 e. The van der Waals surface area contributed by atoms with Gasteiger partial charge >= 0.3 is 0 Å². The number of carbonyl (C=O) groups excluding carboxylic acids is 1. The normalized spacial score (nSPS) is 19.7. The average molecular weight is 349 g/mol. The minimum Gasteiger partial charge on any atom is -0.372 e. The number of carbonyl (C=O) groups is 1. The van der Waals surface area contributed by atoms with Crippen LogP contribution < -0.4 is 9.80 Å². The molecule has 0 radical (unpaired) electrons. The van der Waals surface area contributed by atoms with Crippen LogP contribution in [0, 0.1) is 12.3 Å². The first-order chi connectivity index (χ1) is 12.5. The molecule has 134 valence electrons. The molecular weight excluding hydrogens is 326 g/mol. The van der Waals surface area contributed by atoms with Gasteiger partial charge in [0.2, 0.25) is 0 Å². The standard InChI is InChI=1S/C21H23N3O2/c1-5-17-7-6-8-18(11-17)23(4)21(25)20-12-19(9-10-22-20)24-13-15(2)26-16(3)14-24/h1,6-12,15-16H,13-14H2,2-4H3/t15-,16+. The number of amides is 1. The summed E-state index contributed by atoms with van der Waals surface area (Å²) in [5, 5.41) is 0. The minimum absolute atomic E-state index is 0.153. The van der Waals surface area contributed by atoms with E-state index in [0.717, 1.165) is 30.0 Å². The van der Waals surface area contributed by atoms with Gasteiger partial charge in [0, 0.05) is 43.3 Å². The van der Waals surface area contributed by atoms with E-state index < -0.39 is 0 Å². The van der Waals surface area contributed by atoms with Crippen molar-refractivity contribution in [2.75, 3.05) is 29.9 Å². The summed E-state index contributed by atoms with van der Waals surface area (Å²) in [6, 6.07) is 11.1. The van der Waals surface area contributed by atoms with E-state index in [0.29, 0.717) is 5.69 Å². The molecular formula is C21H23N3O2. The van der Waals surface area contributed by atoms with E-state index in [1.807, 2.05) is 36.4 Å². The Morgan fingerprint density at radius 3 is 2.69 bits per heavy atom. The van der Waals surface area contributed by atoms with Crippen LogP contribution in [0.1, 0.15) is 29.9 Å². The fourth-order valence-corrected chi connectivity index (χ4v) is 3.22. The zero-order valence-electron chi connectivity index (χ0n) is 15.3. The van der Waals surface area contributed by atoms with Crippen molar-refractivity contribution in [3.63, 3.8) is 0 Å². The number of morpholine rings is 1. The molecule has 0 unspecified atom stereocenters. The van der Waals surface area contributed by atoms with Gasteiger partial charge in [-0.05, 0) is 44.2 Å². The second kappa shape index (κ2) is 7.59. The first-order valence-corrected chi connectivity index (χ1v) is 8.69. The Labute approximate surface area is 154 Å². The number of pyridine rings is 1. The largest absolute Gasteiger partial charge is 0.372 e. The molecule has 3 rings (SSSR count). The molecule has 0 saturated carbocycles. The maximum absolute atomic E-state index is 12.9. The van der Waals surface area contributed by atoms with E-state index in [4.69, 9.17) is 11.2 Å². The molecule has 2 heterocycles. The van der Waals surface area contributed by atoms with Crippen molar-refractivity contribution in [3.8, 4) is 12.3 Å². The van der Waals surface area contributed by atoms with Crippen molar-refractivity contribution >= 4 is 17.3 Å². The summed E-state index contributed by atoms with van der Waals surface area (Å²) in [5.41, 5.74) is 2.87. The predicted molar refractivity (Wildman–Crippen MR) is 104 cm³/mol. The van der Waals surface area contributed by atoms with Crippen molar-refractivity contribution in [2.24, 2.45) is 0 Å². The summed E-state index contributed by atoms with van der Waals surface area (Å²) in [6.07, 6.45) is 7.44. The molecule has 5 heteroatoms. The highest BCUT2D eigenvalue weighted by atomic mass is 16.5. The van der Waals surface area contributed by atoms with Crippen LogP contribution >= 0.6 is 0 Å². The van der Waals surface area contributed by atoms with Crippen LogP contribution in [0.15, 0.2) is 42.6 Å². The molecule has 5 nitrogen and oxygen atoms in total. The van der Waals surface area contributed by atoms with Crippen LogP contribution in [0.5, 0.6) is 0 Å². The Balaban J connectivity index is 1.83. The number of rotatable bonds is 3. The van der Waals surface area contributed by atoms with E-state index in [1.165, 1.54) is 0 Å². The zero-order valence-corrected chi connectivity index (χ0v) is 15.3. The lowest BCUT2D eigenvalue weighted by molar-refractivity contribution is -0.00522. The van der Waals surface area contributed by atoms with E-state index in [2.05, 4.69) is 29.7 Å². The average Bonchev–Trinajstić information content (AvgIpc) is 2.66. The number of anilines is 2. The van der Waals surface area contributed by atoms with Crippen LogP contribution in [-0.2, 0) is 4.74 Å². The Hall–Kier alpha value is -2.84. The van der Waals surface area contributed by atoms with E-state index in [1.54, 1.807) is 18.1 Å². The summed E-state index contributed by atoms with van der Waals surface area (Å²) in [6.45, 7) is 5.70. The summed E-state index contributed by atoms with van der Waals surface area (Å²) in [4.78, 5) is 20.9. The Kier molecular flexibility index (Phi) is 5.24. The molecule has 2 atom stereocenters. The summed E-state index contributed by atoms with van der Waals surface area (Å²) >= 11 is 0. The van der Waals surface area contributed by atoms with Crippen LogP contribution in [0.2, 0.25) is 0 Å². The SMILES string of the molecule is C#Cc1cccc(N(C)C(=O)c2cc(N3C[C@@H](C)O[C@@H](C)C3)ccn2)c1. The van der Waals surface area contributed by atoms with Crippen molar-refractivity contribution < 1.29 is 9.53 Å². The third-order valence-electron chi connectivity index (χ3n) is 4.45. The fraction of sp³-hybridized carbons (Fsp3) is 0.333. The van der Waals surface area contributed by atoms with Gasteiger partial charge in [0.1, 0.15) is 5.69 Å². The van der Waals surface area contributed by atoms with Crippen molar-refractivity contribution in [1.29, 1.82) is 0 Å². The second-order valence-corrected chi connectivity index (χ2v) is 6.62. The van der Waals surface area contributed by atoms with Crippen molar-refractivity contribution in [1.82, 2.24) is 4.98 Å². The molecule has 1 amide bonds. The van der Waals surface area contributed by atoms with Gasteiger partial charge in [-0.25, -0.2) is 0 Å². The molecule has 1 saturated heterocycles. The van der Waals surface area contributed by atoms with Gasteiger partial charge in [-0.3, -0.25) is 9.78 Å². The Bertz CT molecular complexity index is 833. The number of ether oxygens (including phenoxy) is 1. The molecule has 2 aromatic rings. The second-order valence-electron chi connectivity index (χ2n) is 6.62. The number of nitrogens with zero attached hydrogens (tertiary/aromatic N) is 3. The highest BCUT2D eigenvalue weighted by molar-refractivity contribution is 6.04. The van der Waals surface area contributed by atoms with Crippen LogP contribution in [-0.4, -0.2) is 43.2 Å². The Morgan fingerprint density at radius 1 is 1.27 bits per heavy atom. The minimum atomic E-state index is -0.171. The molecule has 0 N–H and O–H groups in total. The molecule has 1 fully saturated rings. The van der Waals surface area contributed by atoms with E-state index in [9.17, 15) is 4.79 Å². The van der Waals surface area contributed by atoms with Gasteiger partial charge in [0.05, 0.1) is 12.2 Å². The molecule has 0 bridgehead atoms. The number of aromatic nitrogens is 1.